The molecule has 1 heterocycles. The normalized spacial score (nSPS) is 34.8. The smallest absolute Gasteiger partial charge is 0.0278 e. The van der Waals surface area contributed by atoms with Crippen LogP contribution in [0.4, 0.5) is 0 Å². The Labute approximate surface area is 81.7 Å². The van der Waals surface area contributed by atoms with Crippen LogP contribution in [0.15, 0.2) is 0 Å². The lowest BCUT2D eigenvalue weighted by atomic mass is 9.97. The third-order valence-electron chi connectivity index (χ3n) is 3.41. The van der Waals surface area contributed by atoms with Gasteiger partial charge in [0.25, 0.3) is 0 Å². The fourth-order valence-electron chi connectivity index (χ4n) is 2.11. The molecule has 0 aromatic rings. The highest BCUT2D eigenvalue weighted by Gasteiger charge is 2.35. The van der Waals surface area contributed by atoms with Crippen LogP contribution in [0.5, 0.6) is 0 Å². The molecule has 2 nitrogen and oxygen atoms in total. The summed E-state index contributed by atoms with van der Waals surface area (Å²) in [5.41, 5.74) is 0.370. The Bertz CT molecular complexity index is 183. The summed E-state index contributed by atoms with van der Waals surface area (Å²) in [5, 5.41) is 3.55. The molecule has 76 valence electrons. The van der Waals surface area contributed by atoms with Crippen molar-refractivity contribution >= 4 is 0 Å². The lowest BCUT2D eigenvalue weighted by Gasteiger charge is -2.45. The van der Waals surface area contributed by atoms with Crippen LogP contribution < -0.4 is 5.32 Å². The Morgan fingerprint density at radius 3 is 2.69 bits per heavy atom. The largest absolute Gasteiger partial charge is 0.311 e. The van der Waals surface area contributed by atoms with Crippen LogP contribution in [0, 0.1) is 5.92 Å². The lowest BCUT2D eigenvalue weighted by molar-refractivity contribution is 0.0656. The van der Waals surface area contributed by atoms with Crippen LogP contribution in [0.2, 0.25) is 0 Å². The highest BCUT2D eigenvalue weighted by molar-refractivity contribution is 4.93. The van der Waals surface area contributed by atoms with Crippen molar-refractivity contribution in [1.82, 2.24) is 10.2 Å². The minimum atomic E-state index is 0.370. The lowest BCUT2D eigenvalue weighted by Crippen LogP contribution is -2.61. The maximum Gasteiger partial charge on any atom is 0.0278 e. The standard InChI is InChI=1S/C11H22N2/c1-9-6-13(7-10-4-5-10)11(2,3)8-12-9/h9-10,12H,4-8H2,1-3H3. The van der Waals surface area contributed by atoms with Gasteiger partial charge in [0, 0.05) is 31.2 Å². The second-order valence-corrected chi connectivity index (χ2v) is 5.44. The minimum absolute atomic E-state index is 0.370. The molecule has 1 atom stereocenters. The fourth-order valence-corrected chi connectivity index (χ4v) is 2.11. The zero-order chi connectivity index (χ0) is 9.47. The average Bonchev–Trinajstić information content (AvgIpc) is 2.81. The molecule has 1 aliphatic heterocycles. The first-order valence-corrected chi connectivity index (χ1v) is 5.56. The maximum absolute atomic E-state index is 3.55. The van der Waals surface area contributed by atoms with Gasteiger partial charge < -0.3 is 5.32 Å². The van der Waals surface area contributed by atoms with Crippen LogP contribution in [0.25, 0.3) is 0 Å². The number of nitrogens with zero attached hydrogens (tertiary/aromatic N) is 1. The van der Waals surface area contributed by atoms with Gasteiger partial charge in [0.15, 0.2) is 0 Å². The molecular weight excluding hydrogens is 160 g/mol. The van der Waals surface area contributed by atoms with E-state index in [1.165, 1.54) is 25.9 Å². The summed E-state index contributed by atoms with van der Waals surface area (Å²) in [6.07, 6.45) is 2.93. The minimum Gasteiger partial charge on any atom is -0.311 e. The topological polar surface area (TPSA) is 15.3 Å². The predicted octanol–water partition coefficient (Wildman–Crippen LogP) is 1.47. The van der Waals surface area contributed by atoms with E-state index in [4.69, 9.17) is 0 Å². The second-order valence-electron chi connectivity index (χ2n) is 5.44. The highest BCUT2D eigenvalue weighted by Crippen LogP contribution is 2.32. The van der Waals surface area contributed by atoms with Crippen molar-refractivity contribution < 1.29 is 0 Å². The number of hydrogen-bond acceptors (Lipinski definition) is 2. The van der Waals surface area contributed by atoms with Gasteiger partial charge in [-0.05, 0) is 39.5 Å². The quantitative estimate of drug-likeness (QED) is 0.695. The van der Waals surface area contributed by atoms with Gasteiger partial charge in [-0.3, -0.25) is 4.90 Å². The van der Waals surface area contributed by atoms with E-state index in [-0.39, 0.29) is 0 Å². The summed E-state index contributed by atoms with van der Waals surface area (Å²) in [5.74, 6) is 1.02. The summed E-state index contributed by atoms with van der Waals surface area (Å²) in [6, 6.07) is 0.673. The summed E-state index contributed by atoms with van der Waals surface area (Å²) in [6.45, 7) is 10.7. The molecule has 1 unspecified atom stereocenters. The van der Waals surface area contributed by atoms with Crippen LogP contribution in [-0.4, -0.2) is 36.1 Å². The molecule has 1 saturated carbocycles. The molecule has 0 aromatic heterocycles. The SMILES string of the molecule is CC1CN(CC2CC2)C(C)(C)CN1. The molecule has 2 heteroatoms. The van der Waals surface area contributed by atoms with E-state index in [9.17, 15) is 0 Å². The summed E-state index contributed by atoms with van der Waals surface area (Å²) < 4.78 is 0. The first kappa shape index (κ1) is 9.47. The number of rotatable bonds is 2. The molecule has 1 aliphatic carbocycles. The number of hydrogen-bond donors (Lipinski definition) is 1. The van der Waals surface area contributed by atoms with Crippen molar-refractivity contribution in [2.45, 2.75) is 45.2 Å². The van der Waals surface area contributed by atoms with Gasteiger partial charge in [-0.15, -0.1) is 0 Å². The van der Waals surface area contributed by atoms with Gasteiger partial charge in [0.05, 0.1) is 0 Å². The summed E-state index contributed by atoms with van der Waals surface area (Å²) in [4.78, 5) is 2.67. The zero-order valence-corrected chi connectivity index (χ0v) is 9.14. The predicted molar refractivity (Wildman–Crippen MR) is 55.8 cm³/mol. The molecule has 0 bridgehead atoms. The highest BCUT2D eigenvalue weighted by atomic mass is 15.3. The average molecular weight is 182 g/mol. The molecule has 0 aromatic carbocycles. The van der Waals surface area contributed by atoms with Gasteiger partial charge in [-0.1, -0.05) is 0 Å². The Morgan fingerprint density at radius 2 is 2.08 bits per heavy atom. The molecule has 0 radical (unpaired) electrons. The van der Waals surface area contributed by atoms with Gasteiger partial charge >= 0.3 is 0 Å². The van der Waals surface area contributed by atoms with E-state index in [1.807, 2.05) is 0 Å². The number of piperazine rings is 1. The van der Waals surface area contributed by atoms with Crippen molar-refractivity contribution in [2.75, 3.05) is 19.6 Å². The van der Waals surface area contributed by atoms with Crippen molar-refractivity contribution in [3.8, 4) is 0 Å². The van der Waals surface area contributed by atoms with Crippen molar-refractivity contribution in [1.29, 1.82) is 0 Å². The van der Waals surface area contributed by atoms with Gasteiger partial charge in [0.2, 0.25) is 0 Å². The first-order chi connectivity index (χ1) is 6.08. The van der Waals surface area contributed by atoms with Gasteiger partial charge in [0.1, 0.15) is 0 Å². The van der Waals surface area contributed by atoms with Crippen LogP contribution in [-0.2, 0) is 0 Å². The summed E-state index contributed by atoms with van der Waals surface area (Å²) >= 11 is 0. The Balaban J connectivity index is 1.94. The third kappa shape index (κ3) is 2.23. The molecule has 1 saturated heterocycles. The molecule has 0 amide bonds. The molecular formula is C11H22N2. The fraction of sp³-hybridized carbons (Fsp3) is 1.00. The third-order valence-corrected chi connectivity index (χ3v) is 3.41. The van der Waals surface area contributed by atoms with Crippen LogP contribution in [0.3, 0.4) is 0 Å². The van der Waals surface area contributed by atoms with E-state index in [1.54, 1.807) is 0 Å². The summed E-state index contributed by atoms with van der Waals surface area (Å²) in [7, 11) is 0. The van der Waals surface area contributed by atoms with E-state index in [2.05, 4.69) is 31.0 Å². The molecule has 2 fully saturated rings. The first-order valence-electron chi connectivity index (χ1n) is 5.56. The van der Waals surface area contributed by atoms with Crippen molar-refractivity contribution in [2.24, 2.45) is 5.92 Å². The Hall–Kier alpha value is -0.0800. The molecule has 1 N–H and O–H groups in total. The second kappa shape index (κ2) is 3.25. The van der Waals surface area contributed by atoms with Gasteiger partial charge in [-0.2, -0.15) is 0 Å². The molecule has 0 spiro atoms. The monoisotopic (exact) mass is 182 g/mol. The van der Waals surface area contributed by atoms with E-state index in [0.29, 0.717) is 11.6 Å². The van der Waals surface area contributed by atoms with E-state index < -0.39 is 0 Å². The van der Waals surface area contributed by atoms with Crippen LogP contribution in [0.1, 0.15) is 33.6 Å². The van der Waals surface area contributed by atoms with Crippen molar-refractivity contribution in [3.05, 3.63) is 0 Å². The van der Waals surface area contributed by atoms with Gasteiger partial charge in [-0.25, -0.2) is 0 Å². The maximum atomic E-state index is 3.55. The van der Waals surface area contributed by atoms with Crippen LogP contribution >= 0.6 is 0 Å². The Kier molecular flexibility index (Phi) is 2.37. The molecule has 2 aliphatic rings. The molecule has 13 heavy (non-hydrogen) atoms. The zero-order valence-electron chi connectivity index (χ0n) is 9.14. The van der Waals surface area contributed by atoms with E-state index in [0.717, 1.165) is 12.5 Å². The Morgan fingerprint density at radius 1 is 1.38 bits per heavy atom. The van der Waals surface area contributed by atoms with E-state index >= 15 is 0 Å². The molecule has 2 rings (SSSR count). The van der Waals surface area contributed by atoms with Crippen molar-refractivity contribution in [3.63, 3.8) is 0 Å². The number of nitrogens with one attached hydrogen (secondary N) is 1.